The number of carbonyl (C=O) groups excluding carboxylic acids is 1. The van der Waals surface area contributed by atoms with Gasteiger partial charge in [0.15, 0.2) is 0 Å². The first-order chi connectivity index (χ1) is 8.72. The van der Waals surface area contributed by atoms with Crippen LogP contribution in [-0.4, -0.2) is 33.4 Å². The lowest BCUT2D eigenvalue weighted by Gasteiger charge is -2.24. The van der Waals surface area contributed by atoms with Crippen molar-refractivity contribution in [2.75, 3.05) is 12.3 Å². The van der Waals surface area contributed by atoms with Gasteiger partial charge in [-0.2, -0.15) is 11.8 Å². The van der Waals surface area contributed by atoms with Gasteiger partial charge in [0.1, 0.15) is 11.5 Å². The summed E-state index contributed by atoms with van der Waals surface area (Å²) in [6.07, 6.45) is 3.25. The maximum atomic E-state index is 11.9. The van der Waals surface area contributed by atoms with Gasteiger partial charge < -0.3 is 10.3 Å². The summed E-state index contributed by atoms with van der Waals surface area (Å²) in [6.45, 7) is 0.663. The molecule has 2 aliphatic rings. The molecule has 1 saturated carbocycles. The summed E-state index contributed by atoms with van der Waals surface area (Å²) in [5.74, 6) is 1.93. The molecule has 1 unspecified atom stereocenters. The van der Waals surface area contributed by atoms with Gasteiger partial charge in [-0.25, -0.2) is 4.98 Å². The summed E-state index contributed by atoms with van der Waals surface area (Å²) in [4.78, 5) is 30.3. The average molecular weight is 265 g/mol. The second-order valence-corrected chi connectivity index (χ2v) is 6.19. The molecule has 1 aromatic heterocycles. The van der Waals surface area contributed by atoms with E-state index in [0.717, 1.165) is 19.3 Å². The summed E-state index contributed by atoms with van der Waals surface area (Å²) in [6, 6.07) is 1.27. The smallest absolute Gasteiger partial charge is 0.270 e. The Morgan fingerprint density at radius 1 is 1.50 bits per heavy atom. The highest BCUT2D eigenvalue weighted by Gasteiger charge is 2.27. The van der Waals surface area contributed by atoms with Crippen LogP contribution in [0.1, 0.15) is 41.5 Å². The summed E-state index contributed by atoms with van der Waals surface area (Å²) in [5, 5.41) is 3.37. The zero-order valence-corrected chi connectivity index (χ0v) is 10.8. The lowest BCUT2D eigenvalue weighted by molar-refractivity contribution is 0.0947. The lowest BCUT2D eigenvalue weighted by atomic mass is 10.3. The van der Waals surface area contributed by atoms with Gasteiger partial charge in [-0.1, -0.05) is 0 Å². The Balaban J connectivity index is 1.69. The van der Waals surface area contributed by atoms with E-state index in [0.29, 0.717) is 23.5 Å². The first-order valence-corrected chi connectivity index (χ1v) is 7.28. The van der Waals surface area contributed by atoms with Gasteiger partial charge in [-0.05, 0) is 25.0 Å². The number of carbonyl (C=O) groups is 1. The van der Waals surface area contributed by atoms with Crippen molar-refractivity contribution in [3.8, 4) is 0 Å². The third kappa shape index (κ3) is 2.58. The molecule has 5 nitrogen and oxygen atoms in total. The molecule has 1 saturated heterocycles. The Bertz CT molecular complexity index is 520. The maximum absolute atomic E-state index is 11.9. The van der Waals surface area contributed by atoms with Crippen LogP contribution in [-0.2, 0) is 0 Å². The van der Waals surface area contributed by atoms with Gasteiger partial charge in [-0.15, -0.1) is 0 Å². The minimum Gasteiger partial charge on any atom is -0.350 e. The van der Waals surface area contributed by atoms with Crippen LogP contribution in [0.2, 0.25) is 0 Å². The number of rotatable bonds is 4. The molecule has 1 aliphatic carbocycles. The third-order valence-electron chi connectivity index (χ3n) is 3.24. The molecule has 1 aliphatic heterocycles. The lowest BCUT2D eigenvalue weighted by Crippen LogP contribution is -2.35. The molecule has 18 heavy (non-hydrogen) atoms. The SMILES string of the molecule is O=C(NCC1CCS1)c1cc(=O)[nH]c(C2CC2)n1. The molecule has 0 spiro atoms. The standard InChI is InChI=1S/C12H15N3O2S/c16-10-5-9(14-11(15-10)7-1-2-7)12(17)13-6-8-3-4-18-8/h5,7-8H,1-4,6H2,(H,13,17)(H,14,15,16). The number of amides is 1. The summed E-state index contributed by atoms with van der Waals surface area (Å²) < 4.78 is 0. The molecule has 2 N–H and O–H groups in total. The van der Waals surface area contributed by atoms with Crippen molar-refractivity contribution in [1.82, 2.24) is 15.3 Å². The molecule has 0 bridgehead atoms. The topological polar surface area (TPSA) is 74.8 Å². The van der Waals surface area contributed by atoms with Crippen molar-refractivity contribution in [3.63, 3.8) is 0 Å². The van der Waals surface area contributed by atoms with Gasteiger partial charge >= 0.3 is 0 Å². The molecule has 1 aromatic rings. The number of thioether (sulfide) groups is 1. The Kier molecular flexibility index (Phi) is 3.11. The number of nitrogens with zero attached hydrogens (tertiary/aromatic N) is 1. The number of hydrogen-bond donors (Lipinski definition) is 2. The van der Waals surface area contributed by atoms with Gasteiger partial charge in [0.2, 0.25) is 0 Å². The van der Waals surface area contributed by atoms with Crippen LogP contribution in [0, 0.1) is 0 Å². The highest BCUT2D eigenvalue weighted by molar-refractivity contribution is 8.01. The molecule has 3 rings (SSSR count). The van der Waals surface area contributed by atoms with Crippen LogP contribution in [0.15, 0.2) is 10.9 Å². The van der Waals surface area contributed by atoms with E-state index in [1.807, 2.05) is 11.8 Å². The molecule has 6 heteroatoms. The molecular formula is C12H15N3O2S. The fourth-order valence-corrected chi connectivity index (χ4v) is 2.66. The monoisotopic (exact) mass is 265 g/mol. The molecular weight excluding hydrogens is 250 g/mol. The normalized spacial score (nSPS) is 22.3. The molecule has 1 amide bonds. The highest BCUT2D eigenvalue weighted by Crippen LogP contribution is 2.37. The van der Waals surface area contributed by atoms with Crippen LogP contribution in [0.25, 0.3) is 0 Å². The van der Waals surface area contributed by atoms with E-state index in [2.05, 4.69) is 15.3 Å². The predicted molar refractivity (Wildman–Crippen MR) is 70.0 cm³/mol. The van der Waals surface area contributed by atoms with E-state index in [9.17, 15) is 9.59 Å². The van der Waals surface area contributed by atoms with Crippen LogP contribution in [0.4, 0.5) is 0 Å². The van der Waals surface area contributed by atoms with E-state index in [4.69, 9.17) is 0 Å². The summed E-state index contributed by atoms with van der Waals surface area (Å²) in [5.41, 5.74) is 0.0000395. The van der Waals surface area contributed by atoms with E-state index in [1.54, 1.807) is 0 Å². The van der Waals surface area contributed by atoms with Crippen molar-refractivity contribution in [2.24, 2.45) is 0 Å². The second kappa shape index (κ2) is 4.76. The zero-order valence-electron chi connectivity index (χ0n) is 9.94. The molecule has 0 radical (unpaired) electrons. The van der Waals surface area contributed by atoms with E-state index in [1.165, 1.54) is 11.8 Å². The summed E-state index contributed by atoms with van der Waals surface area (Å²) in [7, 11) is 0. The largest absolute Gasteiger partial charge is 0.350 e. The highest BCUT2D eigenvalue weighted by atomic mass is 32.2. The average Bonchev–Trinajstić information content (AvgIpc) is 3.09. The molecule has 0 aromatic carbocycles. The molecule has 2 fully saturated rings. The van der Waals surface area contributed by atoms with Gasteiger partial charge in [0.05, 0.1) is 0 Å². The van der Waals surface area contributed by atoms with Crippen LogP contribution < -0.4 is 10.9 Å². The van der Waals surface area contributed by atoms with E-state index < -0.39 is 0 Å². The fourth-order valence-electron chi connectivity index (χ4n) is 1.89. The molecule has 96 valence electrons. The Labute approximate surface area is 109 Å². The minimum atomic E-state index is -0.241. The second-order valence-electron chi connectivity index (χ2n) is 4.78. The number of H-pyrrole nitrogens is 1. The quantitative estimate of drug-likeness (QED) is 0.847. The Morgan fingerprint density at radius 3 is 2.89 bits per heavy atom. The van der Waals surface area contributed by atoms with Crippen LogP contribution in [0.3, 0.4) is 0 Å². The number of nitrogens with one attached hydrogen (secondary N) is 2. The van der Waals surface area contributed by atoms with Gasteiger partial charge in [0, 0.05) is 23.8 Å². The first-order valence-electron chi connectivity index (χ1n) is 6.23. The zero-order chi connectivity index (χ0) is 12.5. The van der Waals surface area contributed by atoms with Crippen molar-refractivity contribution in [2.45, 2.75) is 30.4 Å². The Morgan fingerprint density at radius 2 is 2.28 bits per heavy atom. The maximum Gasteiger partial charge on any atom is 0.270 e. The van der Waals surface area contributed by atoms with E-state index in [-0.39, 0.29) is 17.2 Å². The number of aromatic nitrogens is 2. The predicted octanol–water partition coefficient (Wildman–Crippen LogP) is 0.883. The van der Waals surface area contributed by atoms with Crippen LogP contribution >= 0.6 is 11.8 Å². The first kappa shape index (κ1) is 11.8. The summed E-state index contributed by atoms with van der Waals surface area (Å²) >= 11 is 1.86. The Hall–Kier alpha value is -1.30. The third-order valence-corrected chi connectivity index (χ3v) is 4.59. The van der Waals surface area contributed by atoms with E-state index >= 15 is 0 Å². The molecule has 1 atom stereocenters. The van der Waals surface area contributed by atoms with Crippen molar-refractivity contribution in [1.29, 1.82) is 0 Å². The van der Waals surface area contributed by atoms with Crippen molar-refractivity contribution >= 4 is 17.7 Å². The van der Waals surface area contributed by atoms with Crippen LogP contribution in [0.5, 0.6) is 0 Å². The number of aromatic amines is 1. The molecule has 2 heterocycles. The van der Waals surface area contributed by atoms with Gasteiger partial charge in [0.25, 0.3) is 11.5 Å². The van der Waals surface area contributed by atoms with Gasteiger partial charge in [-0.3, -0.25) is 9.59 Å². The number of hydrogen-bond acceptors (Lipinski definition) is 4. The van der Waals surface area contributed by atoms with Crippen molar-refractivity contribution < 1.29 is 4.79 Å². The minimum absolute atomic E-state index is 0.240. The van der Waals surface area contributed by atoms with Crippen molar-refractivity contribution in [3.05, 3.63) is 27.9 Å². The fraction of sp³-hybridized carbons (Fsp3) is 0.583.